The average Bonchev–Trinajstić information content (AvgIpc) is 3.04. The maximum atomic E-state index is 12.5. The fourth-order valence-corrected chi connectivity index (χ4v) is 3.18. The van der Waals surface area contributed by atoms with Crippen molar-refractivity contribution in [3.8, 4) is 0 Å². The SMILES string of the molecule is Cc1ccc(C(=O)N[C@H]2Cc3cc(C(=O)NC(C)C)nn3C2)c(C)c1. The second kappa shape index (κ2) is 6.70. The van der Waals surface area contributed by atoms with Gasteiger partial charge < -0.3 is 10.6 Å². The minimum Gasteiger partial charge on any atom is -0.348 e. The Hall–Kier alpha value is -2.63. The van der Waals surface area contributed by atoms with Crippen molar-refractivity contribution in [1.29, 1.82) is 0 Å². The van der Waals surface area contributed by atoms with Crippen molar-refractivity contribution in [2.45, 2.75) is 52.7 Å². The van der Waals surface area contributed by atoms with Crippen molar-refractivity contribution in [3.05, 3.63) is 52.3 Å². The van der Waals surface area contributed by atoms with Gasteiger partial charge in [-0.3, -0.25) is 14.3 Å². The van der Waals surface area contributed by atoms with Crippen LogP contribution in [-0.2, 0) is 13.0 Å². The summed E-state index contributed by atoms with van der Waals surface area (Å²) in [5.41, 5.74) is 4.22. The molecule has 2 N–H and O–H groups in total. The van der Waals surface area contributed by atoms with Crippen LogP contribution in [0.5, 0.6) is 0 Å². The molecular formula is C19H24N4O2. The Morgan fingerprint density at radius 2 is 1.96 bits per heavy atom. The third kappa shape index (κ3) is 3.73. The van der Waals surface area contributed by atoms with E-state index in [4.69, 9.17) is 0 Å². The molecule has 1 aliphatic rings. The summed E-state index contributed by atoms with van der Waals surface area (Å²) >= 11 is 0. The molecule has 132 valence electrons. The molecule has 0 bridgehead atoms. The number of carbonyl (C=O) groups is 2. The molecule has 3 rings (SSSR count). The van der Waals surface area contributed by atoms with Crippen molar-refractivity contribution in [2.24, 2.45) is 0 Å². The van der Waals surface area contributed by atoms with Crippen LogP contribution in [-0.4, -0.2) is 33.7 Å². The van der Waals surface area contributed by atoms with Crippen molar-refractivity contribution in [1.82, 2.24) is 20.4 Å². The zero-order valence-electron chi connectivity index (χ0n) is 15.1. The lowest BCUT2D eigenvalue weighted by molar-refractivity contribution is 0.0923. The summed E-state index contributed by atoms with van der Waals surface area (Å²) in [7, 11) is 0. The molecule has 1 atom stereocenters. The summed E-state index contributed by atoms with van der Waals surface area (Å²) in [4.78, 5) is 24.5. The first-order chi connectivity index (χ1) is 11.8. The molecule has 6 nitrogen and oxygen atoms in total. The summed E-state index contributed by atoms with van der Waals surface area (Å²) in [6, 6.07) is 7.70. The van der Waals surface area contributed by atoms with Crippen LogP contribution < -0.4 is 10.6 Å². The van der Waals surface area contributed by atoms with Crippen LogP contribution in [0.15, 0.2) is 24.3 Å². The second-order valence-corrected chi connectivity index (χ2v) is 7.02. The van der Waals surface area contributed by atoms with Crippen LogP contribution in [0.4, 0.5) is 0 Å². The highest BCUT2D eigenvalue weighted by molar-refractivity contribution is 5.96. The van der Waals surface area contributed by atoms with E-state index in [2.05, 4.69) is 15.7 Å². The van der Waals surface area contributed by atoms with Gasteiger partial charge in [-0.1, -0.05) is 17.7 Å². The zero-order valence-corrected chi connectivity index (χ0v) is 15.1. The topological polar surface area (TPSA) is 76.0 Å². The number of benzene rings is 1. The Bertz CT molecular complexity index is 799. The Morgan fingerprint density at radius 3 is 2.60 bits per heavy atom. The highest BCUT2D eigenvalue weighted by Gasteiger charge is 2.27. The van der Waals surface area contributed by atoms with E-state index in [1.807, 2.05) is 50.6 Å². The van der Waals surface area contributed by atoms with Gasteiger partial charge in [0.1, 0.15) is 5.69 Å². The Balaban J connectivity index is 1.64. The normalized spacial score (nSPS) is 16.0. The molecule has 1 aliphatic heterocycles. The molecule has 2 aromatic rings. The van der Waals surface area contributed by atoms with Crippen LogP contribution in [0.25, 0.3) is 0 Å². The number of aromatic nitrogens is 2. The third-order valence-electron chi connectivity index (χ3n) is 4.33. The first-order valence-corrected chi connectivity index (χ1v) is 8.59. The number of nitrogens with zero attached hydrogens (tertiary/aromatic N) is 2. The molecule has 0 fully saturated rings. The van der Waals surface area contributed by atoms with Crippen LogP contribution in [0.2, 0.25) is 0 Å². The summed E-state index contributed by atoms with van der Waals surface area (Å²) in [5.74, 6) is -0.223. The predicted molar refractivity (Wildman–Crippen MR) is 95.7 cm³/mol. The second-order valence-electron chi connectivity index (χ2n) is 7.02. The lowest BCUT2D eigenvalue weighted by atomic mass is 10.0. The van der Waals surface area contributed by atoms with Gasteiger partial charge in [-0.25, -0.2) is 0 Å². The lowest BCUT2D eigenvalue weighted by Gasteiger charge is -2.13. The number of amides is 2. The first kappa shape index (κ1) is 17.2. The zero-order chi connectivity index (χ0) is 18.1. The van der Waals surface area contributed by atoms with Gasteiger partial charge in [0.05, 0.1) is 12.6 Å². The molecule has 1 aromatic heterocycles. The van der Waals surface area contributed by atoms with Gasteiger partial charge in [0, 0.05) is 23.7 Å². The number of rotatable bonds is 4. The van der Waals surface area contributed by atoms with Gasteiger partial charge in [-0.05, 0) is 45.4 Å². The predicted octanol–water partition coefficient (Wildman–Crippen LogP) is 1.99. The number of hydrogen-bond donors (Lipinski definition) is 2. The first-order valence-electron chi connectivity index (χ1n) is 8.59. The van der Waals surface area contributed by atoms with Crippen LogP contribution in [0.3, 0.4) is 0 Å². The largest absolute Gasteiger partial charge is 0.348 e. The molecule has 0 saturated heterocycles. The van der Waals surface area contributed by atoms with Crippen molar-refractivity contribution < 1.29 is 9.59 Å². The Labute approximate surface area is 147 Å². The molecule has 2 heterocycles. The smallest absolute Gasteiger partial charge is 0.271 e. The minimum absolute atomic E-state index is 0.00193. The van der Waals surface area contributed by atoms with E-state index in [-0.39, 0.29) is 23.9 Å². The summed E-state index contributed by atoms with van der Waals surface area (Å²) in [5, 5.41) is 10.3. The van der Waals surface area contributed by atoms with Crippen LogP contribution in [0, 0.1) is 13.8 Å². The number of fused-ring (bicyclic) bond motifs is 1. The maximum absolute atomic E-state index is 12.5. The highest BCUT2D eigenvalue weighted by atomic mass is 16.2. The third-order valence-corrected chi connectivity index (χ3v) is 4.33. The van der Waals surface area contributed by atoms with Crippen molar-refractivity contribution in [3.63, 3.8) is 0 Å². The van der Waals surface area contributed by atoms with Gasteiger partial charge in [0.25, 0.3) is 11.8 Å². The Kier molecular flexibility index (Phi) is 4.61. The molecule has 25 heavy (non-hydrogen) atoms. The van der Waals surface area contributed by atoms with Gasteiger partial charge in [0.15, 0.2) is 0 Å². The van der Waals surface area contributed by atoms with E-state index in [0.29, 0.717) is 24.2 Å². The molecule has 2 amide bonds. The highest BCUT2D eigenvalue weighted by Crippen LogP contribution is 2.17. The van der Waals surface area contributed by atoms with Gasteiger partial charge in [-0.15, -0.1) is 0 Å². The van der Waals surface area contributed by atoms with Crippen molar-refractivity contribution in [2.75, 3.05) is 0 Å². The quantitative estimate of drug-likeness (QED) is 0.894. The fraction of sp³-hybridized carbons (Fsp3) is 0.421. The molecule has 1 aromatic carbocycles. The number of nitrogens with one attached hydrogen (secondary N) is 2. The minimum atomic E-state index is -0.159. The van der Waals surface area contributed by atoms with E-state index >= 15 is 0 Å². The number of aryl methyl sites for hydroxylation is 2. The van der Waals surface area contributed by atoms with Gasteiger partial charge in [0.2, 0.25) is 0 Å². The van der Waals surface area contributed by atoms with Gasteiger partial charge >= 0.3 is 0 Å². The van der Waals surface area contributed by atoms with Gasteiger partial charge in [-0.2, -0.15) is 5.10 Å². The summed E-state index contributed by atoms with van der Waals surface area (Å²) < 4.78 is 1.81. The van der Waals surface area contributed by atoms with E-state index in [9.17, 15) is 9.59 Å². The summed E-state index contributed by atoms with van der Waals surface area (Å²) in [6.07, 6.45) is 0.679. The molecule has 6 heteroatoms. The molecule has 0 aliphatic carbocycles. The molecular weight excluding hydrogens is 316 g/mol. The molecule has 0 unspecified atom stereocenters. The summed E-state index contributed by atoms with van der Waals surface area (Å²) in [6.45, 7) is 8.38. The molecule has 0 spiro atoms. The monoisotopic (exact) mass is 340 g/mol. The van der Waals surface area contributed by atoms with E-state index in [1.54, 1.807) is 6.07 Å². The lowest BCUT2D eigenvalue weighted by Crippen LogP contribution is -2.36. The van der Waals surface area contributed by atoms with E-state index < -0.39 is 0 Å². The standard InChI is InChI=1S/C19H24N4O2/c1-11(2)20-19(25)17-9-15-8-14(10-23(15)22-17)21-18(24)16-6-5-12(3)7-13(16)4/h5-7,9,11,14H,8,10H2,1-4H3,(H,20,25)(H,21,24)/t14-/m0/s1. The van der Waals surface area contributed by atoms with E-state index in [0.717, 1.165) is 16.8 Å². The van der Waals surface area contributed by atoms with E-state index in [1.165, 1.54) is 0 Å². The Morgan fingerprint density at radius 1 is 1.20 bits per heavy atom. The van der Waals surface area contributed by atoms with Crippen molar-refractivity contribution >= 4 is 11.8 Å². The molecule has 0 saturated carbocycles. The van der Waals surface area contributed by atoms with Crippen LogP contribution >= 0.6 is 0 Å². The maximum Gasteiger partial charge on any atom is 0.271 e. The van der Waals surface area contributed by atoms with Crippen LogP contribution in [0.1, 0.15) is 51.5 Å². The average molecular weight is 340 g/mol. The molecule has 0 radical (unpaired) electrons. The fourth-order valence-electron chi connectivity index (χ4n) is 3.18. The number of hydrogen-bond acceptors (Lipinski definition) is 3. The number of carbonyl (C=O) groups excluding carboxylic acids is 2.